The summed E-state index contributed by atoms with van der Waals surface area (Å²) in [5, 5.41) is 10.9. The molecule has 2 unspecified atom stereocenters. The van der Waals surface area contributed by atoms with Crippen molar-refractivity contribution in [3.05, 3.63) is 28.3 Å². The fraction of sp³-hybridized carbons (Fsp3) is 0.571. The number of nitrogens with two attached hydrogens (primary N) is 1. The molecule has 19 heavy (non-hydrogen) atoms. The molecule has 5 heteroatoms. The standard InChI is InChI=1S/C14H21N3O2/c1-10-5-3-4-6-14(10)16(2)12-7-11(15)8-13(9-12)17(18)19/h7-10,14H,3-6,15H2,1-2H3. The van der Waals surface area contributed by atoms with E-state index >= 15 is 0 Å². The van der Waals surface area contributed by atoms with Gasteiger partial charge in [0.25, 0.3) is 5.69 Å². The van der Waals surface area contributed by atoms with Gasteiger partial charge in [-0.2, -0.15) is 0 Å². The molecule has 104 valence electrons. The first-order valence-corrected chi connectivity index (χ1v) is 6.77. The quantitative estimate of drug-likeness (QED) is 0.516. The van der Waals surface area contributed by atoms with Crippen LogP contribution in [0.5, 0.6) is 0 Å². The first kappa shape index (κ1) is 13.6. The summed E-state index contributed by atoms with van der Waals surface area (Å²) in [6.07, 6.45) is 4.87. The second-order valence-corrected chi connectivity index (χ2v) is 5.48. The monoisotopic (exact) mass is 263 g/mol. The van der Waals surface area contributed by atoms with E-state index in [1.54, 1.807) is 6.07 Å². The highest BCUT2D eigenvalue weighted by Crippen LogP contribution is 2.32. The van der Waals surface area contributed by atoms with Crippen molar-refractivity contribution in [1.29, 1.82) is 0 Å². The number of nitrogen functional groups attached to an aromatic ring is 1. The Labute approximate surface area is 113 Å². The molecule has 0 radical (unpaired) electrons. The van der Waals surface area contributed by atoms with Gasteiger partial charge in [-0.1, -0.05) is 19.8 Å². The van der Waals surface area contributed by atoms with Gasteiger partial charge in [0.15, 0.2) is 0 Å². The fourth-order valence-corrected chi connectivity index (χ4v) is 2.99. The lowest BCUT2D eigenvalue weighted by molar-refractivity contribution is -0.384. The number of nitrogens with zero attached hydrogens (tertiary/aromatic N) is 2. The Kier molecular flexibility index (Phi) is 3.93. The molecule has 1 aromatic carbocycles. The van der Waals surface area contributed by atoms with Gasteiger partial charge < -0.3 is 10.6 Å². The van der Waals surface area contributed by atoms with Crippen LogP contribution in [0.3, 0.4) is 0 Å². The van der Waals surface area contributed by atoms with E-state index in [-0.39, 0.29) is 5.69 Å². The van der Waals surface area contributed by atoms with Gasteiger partial charge in [0.2, 0.25) is 0 Å². The molecule has 1 aliphatic rings. The molecule has 0 aromatic heterocycles. The third-order valence-corrected chi connectivity index (χ3v) is 4.11. The highest BCUT2D eigenvalue weighted by Gasteiger charge is 2.26. The van der Waals surface area contributed by atoms with Crippen LogP contribution < -0.4 is 10.6 Å². The van der Waals surface area contributed by atoms with Crippen molar-refractivity contribution in [2.75, 3.05) is 17.7 Å². The van der Waals surface area contributed by atoms with E-state index in [9.17, 15) is 10.1 Å². The molecule has 0 aliphatic heterocycles. The summed E-state index contributed by atoms with van der Waals surface area (Å²) < 4.78 is 0. The van der Waals surface area contributed by atoms with Gasteiger partial charge in [-0.3, -0.25) is 10.1 Å². The van der Waals surface area contributed by atoms with E-state index in [1.165, 1.54) is 25.3 Å². The molecule has 1 aliphatic carbocycles. The minimum Gasteiger partial charge on any atom is -0.398 e. The van der Waals surface area contributed by atoms with Crippen molar-refractivity contribution in [2.24, 2.45) is 5.92 Å². The Balaban J connectivity index is 2.27. The molecule has 0 amide bonds. The average molecular weight is 263 g/mol. The van der Waals surface area contributed by atoms with E-state index in [0.717, 1.165) is 12.1 Å². The van der Waals surface area contributed by atoms with Crippen molar-refractivity contribution in [3.8, 4) is 0 Å². The van der Waals surface area contributed by atoms with Crippen LogP contribution in [0.1, 0.15) is 32.6 Å². The maximum Gasteiger partial charge on any atom is 0.273 e. The van der Waals surface area contributed by atoms with Crippen LogP contribution in [0.2, 0.25) is 0 Å². The summed E-state index contributed by atoms with van der Waals surface area (Å²) in [6.45, 7) is 2.25. The third-order valence-electron chi connectivity index (χ3n) is 4.11. The number of nitro groups is 1. The third kappa shape index (κ3) is 2.97. The minimum atomic E-state index is -0.391. The van der Waals surface area contributed by atoms with Crippen LogP contribution in [0.25, 0.3) is 0 Å². The predicted molar refractivity (Wildman–Crippen MR) is 77.3 cm³/mol. The first-order valence-electron chi connectivity index (χ1n) is 6.77. The topological polar surface area (TPSA) is 72.4 Å². The number of non-ortho nitro benzene ring substituents is 1. The maximum absolute atomic E-state index is 10.9. The predicted octanol–water partition coefficient (Wildman–Crippen LogP) is 3.19. The van der Waals surface area contributed by atoms with Crippen LogP contribution in [-0.4, -0.2) is 18.0 Å². The van der Waals surface area contributed by atoms with Gasteiger partial charge in [-0.25, -0.2) is 0 Å². The summed E-state index contributed by atoms with van der Waals surface area (Å²) in [7, 11) is 2.00. The number of benzene rings is 1. The van der Waals surface area contributed by atoms with Gasteiger partial charge in [0.1, 0.15) is 0 Å². The molecule has 2 N–H and O–H groups in total. The molecule has 0 spiro atoms. The summed E-state index contributed by atoms with van der Waals surface area (Å²) in [4.78, 5) is 12.7. The molecule has 2 atom stereocenters. The van der Waals surface area contributed by atoms with Crippen molar-refractivity contribution < 1.29 is 4.92 Å². The number of nitro benzene ring substituents is 1. The van der Waals surface area contributed by atoms with Gasteiger partial charge >= 0.3 is 0 Å². The fourth-order valence-electron chi connectivity index (χ4n) is 2.99. The highest BCUT2D eigenvalue weighted by molar-refractivity contribution is 5.62. The smallest absolute Gasteiger partial charge is 0.273 e. The van der Waals surface area contributed by atoms with Gasteiger partial charge in [-0.15, -0.1) is 0 Å². The molecule has 0 bridgehead atoms. The van der Waals surface area contributed by atoms with Crippen molar-refractivity contribution >= 4 is 17.1 Å². The largest absolute Gasteiger partial charge is 0.398 e. The Morgan fingerprint density at radius 1 is 1.32 bits per heavy atom. The van der Waals surface area contributed by atoms with Crippen LogP contribution in [-0.2, 0) is 0 Å². The summed E-state index contributed by atoms with van der Waals surface area (Å²) in [6, 6.07) is 5.27. The van der Waals surface area contributed by atoms with E-state index in [0.29, 0.717) is 17.6 Å². The molecule has 0 heterocycles. The molecular formula is C14H21N3O2. The zero-order chi connectivity index (χ0) is 14.0. The summed E-state index contributed by atoms with van der Waals surface area (Å²) >= 11 is 0. The minimum absolute atomic E-state index is 0.0605. The Morgan fingerprint density at radius 3 is 2.63 bits per heavy atom. The number of hydrogen-bond acceptors (Lipinski definition) is 4. The Bertz CT molecular complexity index is 476. The van der Waals surface area contributed by atoms with E-state index in [2.05, 4.69) is 11.8 Å². The zero-order valence-electron chi connectivity index (χ0n) is 11.5. The SMILES string of the molecule is CC1CCCCC1N(C)c1cc(N)cc([N+](=O)[O-])c1. The normalized spacial score (nSPS) is 23.1. The zero-order valence-corrected chi connectivity index (χ0v) is 11.5. The lowest BCUT2D eigenvalue weighted by Crippen LogP contribution is -2.39. The summed E-state index contributed by atoms with van der Waals surface area (Å²) in [5.41, 5.74) is 7.11. The molecule has 1 saturated carbocycles. The van der Waals surface area contributed by atoms with E-state index < -0.39 is 4.92 Å². The second-order valence-electron chi connectivity index (χ2n) is 5.48. The van der Waals surface area contributed by atoms with E-state index in [4.69, 9.17) is 5.73 Å². The van der Waals surface area contributed by atoms with Gasteiger partial charge in [0.05, 0.1) is 4.92 Å². The lowest BCUT2D eigenvalue weighted by atomic mass is 9.85. The molecular weight excluding hydrogens is 242 g/mol. The Morgan fingerprint density at radius 2 is 2.00 bits per heavy atom. The summed E-state index contributed by atoms with van der Waals surface area (Å²) in [5.74, 6) is 0.610. The molecule has 5 nitrogen and oxygen atoms in total. The number of rotatable bonds is 3. The lowest BCUT2D eigenvalue weighted by Gasteiger charge is -2.37. The van der Waals surface area contributed by atoms with Crippen molar-refractivity contribution in [3.63, 3.8) is 0 Å². The molecule has 0 saturated heterocycles. The molecule has 1 aromatic rings. The van der Waals surface area contributed by atoms with Crippen LogP contribution >= 0.6 is 0 Å². The van der Waals surface area contributed by atoms with Crippen LogP contribution in [0, 0.1) is 16.0 Å². The number of anilines is 2. The Hall–Kier alpha value is -1.78. The van der Waals surface area contributed by atoms with Crippen LogP contribution in [0.15, 0.2) is 18.2 Å². The van der Waals surface area contributed by atoms with E-state index in [1.807, 2.05) is 13.1 Å². The van der Waals surface area contributed by atoms with Gasteiger partial charge in [-0.05, 0) is 24.8 Å². The maximum atomic E-state index is 10.9. The van der Waals surface area contributed by atoms with Gasteiger partial charge in [0, 0.05) is 36.6 Å². The molecule has 1 fully saturated rings. The van der Waals surface area contributed by atoms with Crippen LogP contribution in [0.4, 0.5) is 17.1 Å². The van der Waals surface area contributed by atoms with Crippen molar-refractivity contribution in [1.82, 2.24) is 0 Å². The average Bonchev–Trinajstić information content (AvgIpc) is 2.37. The number of hydrogen-bond donors (Lipinski definition) is 1. The second kappa shape index (κ2) is 5.47. The molecule has 2 rings (SSSR count). The first-order chi connectivity index (χ1) is 8.99. The highest BCUT2D eigenvalue weighted by atomic mass is 16.6. The van der Waals surface area contributed by atoms with Crippen molar-refractivity contribution in [2.45, 2.75) is 38.6 Å².